The number of nitrogens with zero attached hydrogens (tertiary/aromatic N) is 3. The summed E-state index contributed by atoms with van der Waals surface area (Å²) in [6, 6.07) is -1.26. The molecule has 114 valence electrons. The fourth-order valence-corrected chi connectivity index (χ4v) is 1.99. The molecule has 2 rings (SSSR count). The van der Waals surface area contributed by atoms with Gasteiger partial charge in [0.05, 0.1) is 23.5 Å². The molecule has 0 saturated heterocycles. The summed E-state index contributed by atoms with van der Waals surface area (Å²) in [5.41, 5.74) is -0.793. The summed E-state index contributed by atoms with van der Waals surface area (Å²) in [6.07, 6.45) is 1.19. The Morgan fingerprint density at radius 2 is 1.57 bits per heavy atom. The summed E-state index contributed by atoms with van der Waals surface area (Å²) in [5, 5.41) is 9.79. The van der Waals surface area contributed by atoms with Crippen LogP contribution in [0, 0.1) is 29.1 Å². The van der Waals surface area contributed by atoms with Crippen LogP contribution in [0.5, 0.6) is 0 Å². The molecule has 0 aliphatic carbocycles. The second-order valence-electron chi connectivity index (χ2n) is 4.26. The lowest BCUT2D eigenvalue weighted by molar-refractivity contribution is 0.360. The van der Waals surface area contributed by atoms with E-state index in [0.29, 0.717) is 0 Å². The molecule has 0 radical (unpaired) electrons. The van der Waals surface area contributed by atoms with Gasteiger partial charge in [-0.25, -0.2) is 22.0 Å². The van der Waals surface area contributed by atoms with Gasteiger partial charge in [-0.2, -0.15) is 0 Å². The van der Waals surface area contributed by atoms with E-state index in [9.17, 15) is 22.0 Å². The van der Waals surface area contributed by atoms with Crippen molar-refractivity contribution >= 4 is 0 Å². The maximum Gasteiger partial charge on any atom is 0.200 e. The minimum absolute atomic E-state index is 0.167. The first-order valence-corrected chi connectivity index (χ1v) is 5.99. The molecule has 1 aromatic carbocycles. The first-order valence-electron chi connectivity index (χ1n) is 5.99. The van der Waals surface area contributed by atoms with E-state index in [4.69, 9.17) is 0 Å². The lowest BCUT2D eigenvalue weighted by atomic mass is 10.0. The van der Waals surface area contributed by atoms with Crippen molar-refractivity contribution in [2.75, 3.05) is 6.54 Å². The van der Waals surface area contributed by atoms with Crippen LogP contribution in [-0.4, -0.2) is 21.5 Å². The fraction of sp³-hybridized carbons (Fsp3) is 0.333. The third-order valence-electron chi connectivity index (χ3n) is 2.99. The molecular weight excluding hydrogens is 295 g/mol. The van der Waals surface area contributed by atoms with E-state index in [1.54, 1.807) is 6.92 Å². The first kappa shape index (κ1) is 15.4. The molecule has 0 spiro atoms. The predicted molar refractivity (Wildman–Crippen MR) is 62.8 cm³/mol. The highest BCUT2D eigenvalue weighted by Gasteiger charge is 2.32. The summed E-state index contributed by atoms with van der Waals surface area (Å²) in [4.78, 5) is 0. The molecule has 1 unspecified atom stereocenters. The Kier molecular flexibility index (Phi) is 4.21. The molecule has 1 N–H and O–H groups in total. The van der Waals surface area contributed by atoms with Crippen molar-refractivity contribution in [2.24, 2.45) is 7.05 Å². The largest absolute Gasteiger partial charge is 0.305 e. The van der Waals surface area contributed by atoms with E-state index in [1.165, 1.54) is 17.9 Å². The van der Waals surface area contributed by atoms with Crippen LogP contribution in [0.3, 0.4) is 0 Å². The van der Waals surface area contributed by atoms with Crippen LogP contribution in [0.4, 0.5) is 22.0 Å². The molecule has 21 heavy (non-hydrogen) atoms. The van der Waals surface area contributed by atoms with Gasteiger partial charge in [0.25, 0.3) is 0 Å². The van der Waals surface area contributed by atoms with Gasteiger partial charge in [0.2, 0.25) is 5.82 Å². The summed E-state index contributed by atoms with van der Waals surface area (Å²) < 4.78 is 68.7. The van der Waals surface area contributed by atoms with Crippen molar-refractivity contribution in [1.82, 2.24) is 20.3 Å². The smallest absolute Gasteiger partial charge is 0.200 e. The number of aromatic nitrogens is 3. The molecule has 0 bridgehead atoms. The van der Waals surface area contributed by atoms with Gasteiger partial charge in [-0.1, -0.05) is 12.1 Å². The Morgan fingerprint density at radius 3 is 2.00 bits per heavy atom. The molecule has 4 nitrogen and oxygen atoms in total. The van der Waals surface area contributed by atoms with Crippen molar-refractivity contribution < 1.29 is 22.0 Å². The number of hydrogen-bond acceptors (Lipinski definition) is 3. The van der Waals surface area contributed by atoms with E-state index in [1.807, 2.05) is 0 Å². The SMILES string of the molecule is CCNC(c1c(F)c(F)c(F)c(F)c1F)c1cnnn1C. The lowest BCUT2D eigenvalue weighted by Crippen LogP contribution is -2.27. The molecule has 0 aliphatic heterocycles. The number of halogens is 5. The molecule has 1 atom stereocenters. The summed E-state index contributed by atoms with van der Waals surface area (Å²) in [7, 11) is 1.44. The van der Waals surface area contributed by atoms with Crippen molar-refractivity contribution in [1.29, 1.82) is 0 Å². The lowest BCUT2D eigenvalue weighted by Gasteiger charge is -2.20. The maximum atomic E-state index is 13.9. The zero-order chi connectivity index (χ0) is 15.7. The zero-order valence-corrected chi connectivity index (χ0v) is 11.1. The van der Waals surface area contributed by atoms with Gasteiger partial charge in [-0.15, -0.1) is 5.10 Å². The van der Waals surface area contributed by atoms with Crippen LogP contribution in [0.15, 0.2) is 6.20 Å². The topological polar surface area (TPSA) is 42.7 Å². The predicted octanol–water partition coefficient (Wildman–Crippen LogP) is 2.21. The zero-order valence-electron chi connectivity index (χ0n) is 11.1. The third kappa shape index (κ3) is 2.48. The third-order valence-corrected chi connectivity index (χ3v) is 2.99. The minimum atomic E-state index is -2.19. The van der Waals surface area contributed by atoms with Gasteiger partial charge in [-0.05, 0) is 6.54 Å². The second-order valence-corrected chi connectivity index (χ2v) is 4.26. The van der Waals surface area contributed by atoms with Crippen LogP contribution in [0.25, 0.3) is 0 Å². The highest BCUT2D eigenvalue weighted by molar-refractivity contribution is 5.32. The van der Waals surface area contributed by atoms with Crippen molar-refractivity contribution in [2.45, 2.75) is 13.0 Å². The van der Waals surface area contributed by atoms with E-state index in [0.717, 1.165) is 0 Å². The summed E-state index contributed by atoms with van der Waals surface area (Å²) in [5.74, 6) is -9.91. The van der Waals surface area contributed by atoms with E-state index < -0.39 is 40.7 Å². The quantitative estimate of drug-likeness (QED) is 0.535. The minimum Gasteiger partial charge on any atom is -0.305 e. The second kappa shape index (κ2) is 5.76. The first-order chi connectivity index (χ1) is 9.90. The van der Waals surface area contributed by atoms with Crippen molar-refractivity contribution in [3.05, 3.63) is 46.5 Å². The van der Waals surface area contributed by atoms with Gasteiger partial charge in [0, 0.05) is 7.05 Å². The van der Waals surface area contributed by atoms with Gasteiger partial charge < -0.3 is 5.32 Å². The summed E-state index contributed by atoms with van der Waals surface area (Å²) >= 11 is 0. The van der Waals surface area contributed by atoms with Crippen LogP contribution < -0.4 is 5.32 Å². The molecule has 0 saturated carbocycles. The highest BCUT2D eigenvalue weighted by Crippen LogP contribution is 2.30. The van der Waals surface area contributed by atoms with Crippen LogP contribution in [0.2, 0.25) is 0 Å². The molecule has 0 aliphatic rings. The molecule has 1 heterocycles. The van der Waals surface area contributed by atoms with Crippen molar-refractivity contribution in [3.63, 3.8) is 0 Å². The standard InChI is InChI=1S/C12H11F5N4/c1-3-18-12(5-4-19-20-21(5)2)6-7(13)9(15)11(17)10(16)8(6)14/h4,12,18H,3H2,1-2H3. The van der Waals surface area contributed by atoms with Crippen LogP contribution in [0.1, 0.15) is 24.2 Å². The maximum absolute atomic E-state index is 13.9. The van der Waals surface area contributed by atoms with Crippen LogP contribution in [-0.2, 0) is 7.05 Å². The Labute approximate surface area is 116 Å². The van der Waals surface area contributed by atoms with Gasteiger partial charge in [0.1, 0.15) is 0 Å². The molecule has 1 aromatic heterocycles. The monoisotopic (exact) mass is 306 g/mol. The Morgan fingerprint density at radius 1 is 1.05 bits per heavy atom. The van der Waals surface area contributed by atoms with Gasteiger partial charge in [-0.3, -0.25) is 4.68 Å². The summed E-state index contributed by atoms with van der Waals surface area (Å²) in [6.45, 7) is 1.86. The number of nitrogens with one attached hydrogen (secondary N) is 1. The van der Waals surface area contributed by atoms with E-state index in [-0.39, 0.29) is 12.2 Å². The Bertz CT molecular complexity index is 641. The van der Waals surface area contributed by atoms with E-state index in [2.05, 4.69) is 15.6 Å². The highest BCUT2D eigenvalue weighted by atomic mass is 19.2. The molecule has 2 aromatic rings. The normalized spacial score (nSPS) is 12.7. The number of hydrogen-bond donors (Lipinski definition) is 1. The average Bonchev–Trinajstić information content (AvgIpc) is 2.88. The van der Waals surface area contributed by atoms with Crippen LogP contribution >= 0.6 is 0 Å². The van der Waals surface area contributed by atoms with Crippen molar-refractivity contribution in [3.8, 4) is 0 Å². The average molecular weight is 306 g/mol. The Balaban J connectivity index is 2.70. The Hall–Kier alpha value is -2.03. The molecular formula is C12H11F5N4. The van der Waals surface area contributed by atoms with E-state index >= 15 is 0 Å². The number of aryl methyl sites for hydroxylation is 1. The van der Waals surface area contributed by atoms with Gasteiger partial charge in [0.15, 0.2) is 23.3 Å². The molecule has 0 fully saturated rings. The molecule has 9 heteroatoms. The van der Waals surface area contributed by atoms with Gasteiger partial charge >= 0.3 is 0 Å². The fourth-order valence-electron chi connectivity index (χ4n) is 1.99. The number of benzene rings is 1. The number of rotatable bonds is 4. The molecule has 0 amide bonds.